The van der Waals surface area contributed by atoms with Crippen LogP contribution in [0.5, 0.6) is 17.2 Å². The van der Waals surface area contributed by atoms with Gasteiger partial charge in [-0.1, -0.05) is 77.6 Å². The van der Waals surface area contributed by atoms with E-state index in [9.17, 15) is 25.3 Å². The number of para-hydroxylation sites is 3. The molecule has 6 aromatic carbocycles. The van der Waals surface area contributed by atoms with Gasteiger partial charge in [-0.15, -0.1) is 0 Å². The van der Waals surface area contributed by atoms with Crippen molar-refractivity contribution in [3.63, 3.8) is 0 Å². The van der Waals surface area contributed by atoms with Crippen LogP contribution in [0.15, 0.2) is 142 Å². The van der Waals surface area contributed by atoms with Gasteiger partial charge < -0.3 is 66.8 Å². The van der Waals surface area contributed by atoms with E-state index in [1.807, 2.05) is 41.5 Å². The molecule has 13 rings (SSSR count). The van der Waals surface area contributed by atoms with Crippen LogP contribution in [0.25, 0.3) is 0 Å². The van der Waals surface area contributed by atoms with Crippen molar-refractivity contribution in [2.45, 2.75) is 196 Å². The number of sulfonamides is 1. The highest BCUT2D eigenvalue weighted by Crippen LogP contribution is 2.43. The Morgan fingerprint density at radius 3 is 1.16 bits per heavy atom. The molecule has 1 atom stereocenters. The van der Waals surface area contributed by atoms with Gasteiger partial charge in [0.05, 0.1) is 105 Å². The van der Waals surface area contributed by atoms with Gasteiger partial charge in [0.25, 0.3) is 0 Å². The molecule has 9 N–H and O–H groups in total. The minimum absolute atomic E-state index is 0.0116. The lowest BCUT2D eigenvalue weighted by atomic mass is 9.87. The number of hydrogen-bond donors (Lipinski definition) is 9. The first-order valence-electron chi connectivity index (χ1n) is 39.9. The SMILES string of the molecule is Cc1cc(Nc2ncc(Cl)c(Nc3ccccc3S(=O)(=O)C(C)C)n2)c(OC(C)C)cc1C1CCCCN1.Cc1cc(OC(C)C)c(Nc2ncc(Cl)c(Nc3ccccc3S(=O)(=O)C(C)C)n2)cc1C1CCNCC1.Cc1cc(OC(C)C)c(Nc2ncc(Cl)c(Nc3ccccc3S(=O)(=O)N3CCOCC3)n2)cc1C1CCNCC1. The van der Waals surface area contributed by atoms with Crippen molar-refractivity contribution in [2.24, 2.45) is 0 Å². The Kier molecular flexibility index (Phi) is 30.7. The molecule has 4 aliphatic heterocycles. The number of hydrogen-bond acceptors (Lipinski definition) is 25. The van der Waals surface area contributed by atoms with Gasteiger partial charge in [-0.3, -0.25) is 0 Å². The van der Waals surface area contributed by atoms with Gasteiger partial charge in [0, 0.05) is 19.1 Å². The Balaban J connectivity index is 0.000000173. The Labute approximate surface area is 704 Å². The number of piperidine rings is 3. The molecule has 0 spiro atoms. The standard InChI is InChI=1S/C29H37ClN6O4S.2C28H36ClN5O3S/c1-19(2)40-26-16-20(3)22(21-8-10-31-11-9-21)17-25(26)34-29-32-18-23(30)28(35-29)33-24-6-4-5-7-27(24)41(37,38)36-12-14-39-15-13-36;1-17(2)37-25-15-20(22-10-8-9-13-30-22)19(5)14-24(25)33-28-31-16-21(29)27(34-28)32-23-11-6-7-12-26(23)38(35,36)18(3)4;1-17(2)37-25-14-19(5)21(20-10-12-30-13-11-20)15-24(25)33-28-31-16-22(29)27(34-28)32-23-8-6-7-9-26(23)38(35,36)18(3)4/h4-7,16-19,21,31H,8-15H2,1-3H3,(H2,32,33,34,35);6-7,11-12,14-18,22,30H,8-10,13H2,1-5H3,(H2,31,32,33,34);6-9,14-18,20,30H,10-13H2,1-5H3,(H2,31,32,33,34). The zero-order valence-electron chi connectivity index (χ0n) is 68.6. The first kappa shape index (κ1) is 89.1. The molecular weight excluding hydrogens is 1610 g/mol. The molecule has 7 heterocycles. The quantitative estimate of drug-likeness (QED) is 0.0231. The van der Waals surface area contributed by atoms with Gasteiger partial charge in [0.2, 0.25) is 27.9 Å². The lowest BCUT2D eigenvalue weighted by Gasteiger charge is -2.27. The van der Waals surface area contributed by atoms with Crippen molar-refractivity contribution in [1.82, 2.24) is 50.2 Å². The van der Waals surface area contributed by atoms with Crippen molar-refractivity contribution in [2.75, 3.05) is 90.9 Å². The first-order chi connectivity index (χ1) is 55.8. The van der Waals surface area contributed by atoms with Gasteiger partial charge in [-0.2, -0.15) is 19.3 Å². The van der Waals surface area contributed by atoms with Gasteiger partial charge >= 0.3 is 0 Å². The molecule has 26 nitrogen and oxygen atoms in total. The first-order valence-corrected chi connectivity index (χ1v) is 45.6. The Morgan fingerprint density at radius 2 is 0.786 bits per heavy atom. The van der Waals surface area contributed by atoms with E-state index in [0.29, 0.717) is 96.5 Å². The molecule has 0 aliphatic carbocycles. The third-order valence-corrected chi connectivity index (χ3v) is 27.5. The molecule has 0 saturated carbocycles. The number of nitrogens with zero attached hydrogens (tertiary/aromatic N) is 7. The van der Waals surface area contributed by atoms with Gasteiger partial charge in [-0.05, 0) is 279 Å². The summed E-state index contributed by atoms with van der Waals surface area (Å²) in [5.74, 6) is 4.87. The molecular formula is C85H109Cl3N16O10S3. The van der Waals surface area contributed by atoms with E-state index in [1.165, 1.54) is 63.6 Å². The lowest BCUT2D eigenvalue weighted by Crippen LogP contribution is -2.40. The maximum absolute atomic E-state index is 13.4. The molecule has 9 aromatic rings. The number of halogens is 3. The van der Waals surface area contributed by atoms with Crippen LogP contribution < -0.4 is 62.1 Å². The number of morpholine rings is 1. The zero-order chi connectivity index (χ0) is 83.9. The molecule has 4 fully saturated rings. The number of rotatable bonds is 27. The second-order valence-electron chi connectivity index (χ2n) is 30.8. The third-order valence-electron chi connectivity index (χ3n) is 20.3. The van der Waals surface area contributed by atoms with Gasteiger partial charge in [0.15, 0.2) is 37.1 Å². The molecule has 628 valence electrons. The fourth-order valence-electron chi connectivity index (χ4n) is 14.2. The van der Waals surface area contributed by atoms with Crippen LogP contribution in [0.3, 0.4) is 0 Å². The summed E-state index contributed by atoms with van der Waals surface area (Å²) in [7, 11) is -10.8. The van der Waals surface area contributed by atoms with E-state index >= 15 is 0 Å². The largest absolute Gasteiger partial charge is 0.489 e. The highest BCUT2D eigenvalue weighted by molar-refractivity contribution is 7.92. The van der Waals surface area contributed by atoms with Crippen molar-refractivity contribution >= 4 is 134 Å². The second-order valence-corrected chi connectivity index (χ2v) is 38.9. The predicted molar refractivity (Wildman–Crippen MR) is 469 cm³/mol. The number of aromatic nitrogens is 6. The Morgan fingerprint density at radius 1 is 0.427 bits per heavy atom. The van der Waals surface area contributed by atoms with E-state index in [4.69, 9.17) is 53.8 Å². The number of benzene rings is 6. The fourth-order valence-corrected chi connectivity index (χ4v) is 18.6. The van der Waals surface area contributed by atoms with Crippen LogP contribution in [0.2, 0.25) is 15.1 Å². The number of anilines is 12. The van der Waals surface area contributed by atoms with E-state index in [1.54, 1.807) is 100 Å². The molecule has 1 unspecified atom stereocenters. The minimum Gasteiger partial charge on any atom is -0.489 e. The van der Waals surface area contributed by atoms with Crippen LogP contribution in [-0.4, -0.2) is 147 Å². The summed E-state index contributed by atoms with van der Waals surface area (Å²) in [4.78, 5) is 27.4. The molecule has 3 aromatic heterocycles. The van der Waals surface area contributed by atoms with E-state index in [0.717, 1.165) is 99.0 Å². The molecule has 117 heavy (non-hydrogen) atoms. The number of sulfone groups is 2. The number of ether oxygens (including phenoxy) is 4. The molecule has 4 saturated heterocycles. The van der Waals surface area contributed by atoms with Gasteiger partial charge in [-0.25, -0.2) is 40.2 Å². The summed E-state index contributed by atoms with van der Waals surface area (Å²) >= 11 is 19.3. The smallest absolute Gasteiger partial charge is 0.245 e. The lowest BCUT2D eigenvalue weighted by molar-refractivity contribution is 0.0730. The van der Waals surface area contributed by atoms with Crippen LogP contribution in [-0.2, 0) is 34.4 Å². The molecule has 0 amide bonds. The Hall–Kier alpha value is -8.72. The maximum Gasteiger partial charge on any atom is 0.245 e. The topological polar surface area (TPSA) is 328 Å². The minimum atomic E-state index is -3.75. The van der Waals surface area contributed by atoms with Crippen molar-refractivity contribution in [3.8, 4) is 17.2 Å². The van der Waals surface area contributed by atoms with Crippen molar-refractivity contribution < 1.29 is 44.2 Å². The van der Waals surface area contributed by atoms with Crippen LogP contribution in [0.4, 0.5) is 69.4 Å². The molecule has 0 radical (unpaired) electrons. The van der Waals surface area contributed by atoms with E-state index < -0.39 is 40.2 Å². The van der Waals surface area contributed by atoms with E-state index in [-0.39, 0.29) is 53.9 Å². The second kappa shape index (κ2) is 40.4. The highest BCUT2D eigenvalue weighted by atomic mass is 35.5. The monoisotopic (exact) mass is 1710 g/mol. The normalized spacial score (nSPS) is 15.9. The van der Waals surface area contributed by atoms with Crippen LogP contribution in [0, 0.1) is 20.8 Å². The zero-order valence-corrected chi connectivity index (χ0v) is 73.3. The molecule has 4 aliphatic rings. The average molecular weight is 1720 g/mol. The van der Waals surface area contributed by atoms with Crippen molar-refractivity contribution in [3.05, 3.63) is 176 Å². The summed E-state index contributed by atoms with van der Waals surface area (Å²) in [5, 5.41) is 29.4. The summed E-state index contributed by atoms with van der Waals surface area (Å²) in [6.45, 7) is 31.2. The Bertz CT molecular complexity index is 5280. The number of aryl methyl sites for hydroxylation is 3. The molecule has 32 heteroatoms. The summed E-state index contributed by atoms with van der Waals surface area (Å²) in [5.41, 5.74) is 10.8. The van der Waals surface area contributed by atoms with Crippen molar-refractivity contribution in [1.29, 1.82) is 0 Å². The van der Waals surface area contributed by atoms with Crippen LogP contribution >= 0.6 is 34.8 Å². The van der Waals surface area contributed by atoms with Gasteiger partial charge in [0.1, 0.15) is 37.2 Å². The summed E-state index contributed by atoms with van der Waals surface area (Å²) in [6.07, 6.45) is 12.2. The maximum atomic E-state index is 13.4. The highest BCUT2D eigenvalue weighted by Gasteiger charge is 2.32. The average Bonchev–Trinajstić information content (AvgIpc) is 0.804. The summed E-state index contributed by atoms with van der Waals surface area (Å²) < 4.78 is 104. The summed E-state index contributed by atoms with van der Waals surface area (Å²) in [6, 6.07) is 33.1. The fraction of sp³-hybridized carbons (Fsp3) is 0.435. The molecule has 0 bridgehead atoms. The predicted octanol–water partition coefficient (Wildman–Crippen LogP) is 18.3. The third kappa shape index (κ3) is 23.0. The van der Waals surface area contributed by atoms with Crippen LogP contribution in [0.1, 0.15) is 165 Å². The number of nitrogens with one attached hydrogen (secondary N) is 9. The van der Waals surface area contributed by atoms with E-state index in [2.05, 4.69) is 135 Å².